The minimum atomic E-state index is -0.200. The molecule has 0 aliphatic carbocycles. The molecular formula is C17H22FN3S. The van der Waals surface area contributed by atoms with Gasteiger partial charge in [0.1, 0.15) is 10.8 Å². The predicted octanol–water partition coefficient (Wildman–Crippen LogP) is 3.48. The highest BCUT2D eigenvalue weighted by atomic mass is 32.1. The Hall–Kier alpha value is -1.30. The van der Waals surface area contributed by atoms with Crippen LogP contribution in [-0.4, -0.2) is 48.0 Å². The Kier molecular flexibility index (Phi) is 4.86. The summed E-state index contributed by atoms with van der Waals surface area (Å²) in [5.41, 5.74) is 1.64. The molecule has 1 aromatic carbocycles. The SMILES string of the molecule is CN(C)C1CCCN(Cc2csc(-c3ccccc3F)n2)C1. The van der Waals surface area contributed by atoms with Gasteiger partial charge < -0.3 is 4.90 Å². The maximum Gasteiger partial charge on any atom is 0.133 e. The molecule has 1 fully saturated rings. The number of hydrogen-bond acceptors (Lipinski definition) is 4. The first kappa shape index (κ1) is 15.6. The molecule has 3 rings (SSSR count). The molecule has 2 aromatic rings. The molecule has 0 saturated carbocycles. The monoisotopic (exact) mass is 319 g/mol. The van der Waals surface area contributed by atoms with Gasteiger partial charge in [-0.2, -0.15) is 0 Å². The molecule has 0 N–H and O–H groups in total. The number of piperidine rings is 1. The van der Waals surface area contributed by atoms with Gasteiger partial charge in [-0.3, -0.25) is 4.90 Å². The average Bonchev–Trinajstić information content (AvgIpc) is 2.96. The van der Waals surface area contributed by atoms with Gasteiger partial charge in [-0.05, 0) is 45.6 Å². The first-order valence-electron chi connectivity index (χ1n) is 7.71. The van der Waals surface area contributed by atoms with Crippen LogP contribution < -0.4 is 0 Å². The van der Waals surface area contributed by atoms with Gasteiger partial charge in [0.25, 0.3) is 0 Å². The summed E-state index contributed by atoms with van der Waals surface area (Å²) in [7, 11) is 4.29. The molecule has 1 aliphatic rings. The minimum absolute atomic E-state index is 0.200. The van der Waals surface area contributed by atoms with Crippen LogP contribution in [0.25, 0.3) is 10.6 Å². The van der Waals surface area contributed by atoms with Gasteiger partial charge in [0.05, 0.1) is 5.69 Å². The third kappa shape index (κ3) is 3.54. The zero-order valence-electron chi connectivity index (χ0n) is 13.1. The van der Waals surface area contributed by atoms with Crippen molar-refractivity contribution in [3.8, 4) is 10.6 Å². The van der Waals surface area contributed by atoms with E-state index in [0.717, 1.165) is 30.3 Å². The standard InChI is InChI=1S/C17H22FN3S/c1-20(2)14-6-5-9-21(11-14)10-13-12-22-17(19-13)15-7-3-4-8-16(15)18/h3-4,7-8,12,14H,5-6,9-11H2,1-2H3. The Morgan fingerprint density at radius 3 is 2.95 bits per heavy atom. The smallest absolute Gasteiger partial charge is 0.133 e. The van der Waals surface area contributed by atoms with Crippen LogP contribution in [-0.2, 0) is 6.54 Å². The van der Waals surface area contributed by atoms with Crippen molar-refractivity contribution in [2.75, 3.05) is 27.2 Å². The lowest BCUT2D eigenvalue weighted by molar-refractivity contribution is 0.127. The molecule has 3 nitrogen and oxygen atoms in total. The lowest BCUT2D eigenvalue weighted by atomic mass is 10.0. The van der Waals surface area contributed by atoms with Gasteiger partial charge in [0.15, 0.2) is 0 Å². The third-order valence-corrected chi connectivity index (χ3v) is 5.18. The highest BCUT2D eigenvalue weighted by Crippen LogP contribution is 2.27. The molecule has 0 radical (unpaired) electrons. The van der Waals surface area contributed by atoms with Crippen molar-refractivity contribution in [3.05, 3.63) is 41.2 Å². The average molecular weight is 319 g/mol. The number of rotatable bonds is 4. The van der Waals surface area contributed by atoms with Gasteiger partial charge in [-0.1, -0.05) is 12.1 Å². The summed E-state index contributed by atoms with van der Waals surface area (Å²) in [6.45, 7) is 3.06. The van der Waals surface area contributed by atoms with Gasteiger partial charge in [-0.25, -0.2) is 9.37 Å². The number of aromatic nitrogens is 1. The fourth-order valence-electron chi connectivity index (χ4n) is 2.96. The molecule has 1 atom stereocenters. The van der Waals surface area contributed by atoms with Crippen molar-refractivity contribution in [1.82, 2.24) is 14.8 Å². The van der Waals surface area contributed by atoms with Crippen molar-refractivity contribution in [2.24, 2.45) is 0 Å². The summed E-state index contributed by atoms with van der Waals surface area (Å²) in [5.74, 6) is -0.200. The second kappa shape index (κ2) is 6.86. The molecule has 5 heteroatoms. The van der Waals surface area contributed by atoms with Crippen molar-refractivity contribution < 1.29 is 4.39 Å². The zero-order valence-corrected chi connectivity index (χ0v) is 13.9. The number of likely N-dealkylation sites (N-methyl/N-ethyl adjacent to an activating group) is 1. The van der Waals surface area contributed by atoms with Crippen LogP contribution in [0.3, 0.4) is 0 Å². The number of halogens is 1. The van der Waals surface area contributed by atoms with Crippen molar-refractivity contribution in [1.29, 1.82) is 0 Å². The number of nitrogens with zero attached hydrogens (tertiary/aromatic N) is 3. The molecule has 1 aromatic heterocycles. The number of hydrogen-bond donors (Lipinski definition) is 0. The molecular weight excluding hydrogens is 297 g/mol. The third-order valence-electron chi connectivity index (χ3n) is 4.25. The Morgan fingerprint density at radius 2 is 2.18 bits per heavy atom. The number of benzene rings is 1. The summed E-state index contributed by atoms with van der Waals surface area (Å²) in [4.78, 5) is 9.38. The fourth-order valence-corrected chi connectivity index (χ4v) is 3.80. The Morgan fingerprint density at radius 1 is 1.36 bits per heavy atom. The van der Waals surface area contributed by atoms with E-state index in [2.05, 4.69) is 34.3 Å². The van der Waals surface area contributed by atoms with Crippen LogP contribution in [0.2, 0.25) is 0 Å². The number of likely N-dealkylation sites (tertiary alicyclic amines) is 1. The maximum absolute atomic E-state index is 13.8. The second-order valence-corrected chi connectivity index (χ2v) is 6.98. The molecule has 0 spiro atoms. The van der Waals surface area contributed by atoms with Gasteiger partial charge in [0, 0.05) is 30.1 Å². The molecule has 1 saturated heterocycles. The Bertz CT molecular complexity index is 626. The van der Waals surface area contributed by atoms with Crippen molar-refractivity contribution in [3.63, 3.8) is 0 Å². The first-order valence-corrected chi connectivity index (χ1v) is 8.59. The molecule has 1 aliphatic heterocycles. The predicted molar refractivity (Wildman–Crippen MR) is 89.5 cm³/mol. The van der Waals surface area contributed by atoms with E-state index in [-0.39, 0.29) is 5.82 Å². The first-order chi connectivity index (χ1) is 10.6. The van der Waals surface area contributed by atoms with Crippen LogP contribution in [0.15, 0.2) is 29.6 Å². The molecule has 0 amide bonds. The van der Waals surface area contributed by atoms with E-state index in [1.165, 1.54) is 30.2 Å². The lowest BCUT2D eigenvalue weighted by Crippen LogP contribution is -2.44. The molecule has 118 valence electrons. The molecule has 0 bridgehead atoms. The number of thiazole rings is 1. The fraction of sp³-hybridized carbons (Fsp3) is 0.471. The van der Waals surface area contributed by atoms with E-state index in [0.29, 0.717) is 11.6 Å². The van der Waals surface area contributed by atoms with Crippen molar-refractivity contribution >= 4 is 11.3 Å². The quantitative estimate of drug-likeness (QED) is 0.860. The molecule has 1 unspecified atom stereocenters. The molecule has 22 heavy (non-hydrogen) atoms. The van der Waals surface area contributed by atoms with Crippen LogP contribution in [0, 0.1) is 5.82 Å². The van der Waals surface area contributed by atoms with Gasteiger partial charge >= 0.3 is 0 Å². The lowest BCUT2D eigenvalue weighted by Gasteiger charge is -2.35. The topological polar surface area (TPSA) is 19.4 Å². The van der Waals surface area contributed by atoms with Crippen LogP contribution in [0.4, 0.5) is 4.39 Å². The summed E-state index contributed by atoms with van der Waals surface area (Å²) < 4.78 is 13.8. The largest absolute Gasteiger partial charge is 0.305 e. The summed E-state index contributed by atoms with van der Waals surface area (Å²) in [6.07, 6.45) is 2.49. The van der Waals surface area contributed by atoms with E-state index in [9.17, 15) is 4.39 Å². The van der Waals surface area contributed by atoms with E-state index < -0.39 is 0 Å². The van der Waals surface area contributed by atoms with E-state index in [4.69, 9.17) is 0 Å². The van der Waals surface area contributed by atoms with Gasteiger partial charge in [0.2, 0.25) is 0 Å². The second-order valence-electron chi connectivity index (χ2n) is 6.12. The van der Waals surface area contributed by atoms with E-state index in [1.807, 2.05) is 6.07 Å². The summed E-state index contributed by atoms with van der Waals surface area (Å²) in [6, 6.07) is 7.47. The van der Waals surface area contributed by atoms with E-state index >= 15 is 0 Å². The Balaban J connectivity index is 1.68. The summed E-state index contributed by atoms with van der Waals surface area (Å²) in [5, 5.41) is 2.83. The van der Waals surface area contributed by atoms with Crippen LogP contribution in [0.1, 0.15) is 18.5 Å². The van der Waals surface area contributed by atoms with Crippen LogP contribution >= 0.6 is 11.3 Å². The van der Waals surface area contributed by atoms with Crippen molar-refractivity contribution in [2.45, 2.75) is 25.4 Å². The Labute approximate surface area is 135 Å². The zero-order chi connectivity index (χ0) is 15.5. The van der Waals surface area contributed by atoms with E-state index in [1.54, 1.807) is 12.1 Å². The molecule has 2 heterocycles. The highest BCUT2D eigenvalue weighted by molar-refractivity contribution is 7.13. The van der Waals surface area contributed by atoms with Gasteiger partial charge in [-0.15, -0.1) is 11.3 Å². The maximum atomic E-state index is 13.8. The highest BCUT2D eigenvalue weighted by Gasteiger charge is 2.22. The summed E-state index contributed by atoms with van der Waals surface area (Å²) >= 11 is 1.52. The minimum Gasteiger partial charge on any atom is -0.305 e. The van der Waals surface area contributed by atoms with Crippen LogP contribution in [0.5, 0.6) is 0 Å². The normalized spacial score (nSPS) is 19.7.